The Balaban J connectivity index is 1.55. The molecule has 142 valence electrons. The van der Waals surface area contributed by atoms with Gasteiger partial charge in [-0.1, -0.05) is 24.1 Å². The van der Waals surface area contributed by atoms with Crippen LogP contribution in [0.5, 0.6) is 0 Å². The van der Waals surface area contributed by atoms with Gasteiger partial charge in [-0.05, 0) is 49.1 Å². The number of nitrogens with zero attached hydrogens (tertiary/aromatic N) is 3. The lowest BCUT2D eigenvalue weighted by atomic mass is 9.95. The van der Waals surface area contributed by atoms with Crippen LogP contribution in [0.3, 0.4) is 0 Å². The van der Waals surface area contributed by atoms with E-state index in [-0.39, 0.29) is 12.5 Å². The number of amides is 1. The standard InChI is InChI=1S/C19H28ClN5O/c1-25(2)18(26)12-23-19(24-16-10-14-3-5-15(16)9-14)21-8-7-13-4-6-17(20)22-11-13/h4,6,11,14-16H,3,5,7-10,12H2,1-2H3,(H2,21,23,24). The van der Waals surface area contributed by atoms with Crippen LogP contribution in [0.2, 0.25) is 5.15 Å². The Kier molecular flexibility index (Phi) is 6.35. The molecule has 2 N–H and O–H groups in total. The van der Waals surface area contributed by atoms with Crippen molar-refractivity contribution in [2.45, 2.75) is 38.1 Å². The Hall–Kier alpha value is -1.82. The maximum absolute atomic E-state index is 11.9. The van der Waals surface area contributed by atoms with E-state index in [1.165, 1.54) is 25.7 Å². The molecule has 0 spiro atoms. The van der Waals surface area contributed by atoms with Crippen molar-refractivity contribution in [3.63, 3.8) is 0 Å². The molecule has 3 unspecified atom stereocenters. The number of rotatable bonds is 6. The van der Waals surface area contributed by atoms with Gasteiger partial charge in [-0.15, -0.1) is 0 Å². The molecule has 1 heterocycles. The largest absolute Gasteiger partial charge is 0.356 e. The maximum Gasteiger partial charge on any atom is 0.243 e. The van der Waals surface area contributed by atoms with E-state index in [2.05, 4.69) is 20.6 Å². The number of likely N-dealkylation sites (N-methyl/N-ethyl adjacent to an activating group) is 1. The van der Waals surface area contributed by atoms with Crippen LogP contribution in [0, 0.1) is 11.8 Å². The summed E-state index contributed by atoms with van der Waals surface area (Å²) in [6, 6.07) is 4.26. The summed E-state index contributed by atoms with van der Waals surface area (Å²) >= 11 is 5.83. The van der Waals surface area contributed by atoms with E-state index in [1.54, 1.807) is 31.3 Å². The summed E-state index contributed by atoms with van der Waals surface area (Å²) in [4.78, 5) is 22.1. The fourth-order valence-corrected chi connectivity index (χ4v) is 4.03. The molecule has 3 rings (SSSR count). The summed E-state index contributed by atoms with van der Waals surface area (Å²) in [7, 11) is 3.50. The number of aliphatic imine (C=N–C) groups is 1. The highest BCUT2D eigenvalue weighted by atomic mass is 35.5. The summed E-state index contributed by atoms with van der Waals surface area (Å²) < 4.78 is 0. The third-order valence-corrected chi connectivity index (χ3v) is 5.65. The Morgan fingerprint density at radius 1 is 1.35 bits per heavy atom. The Labute approximate surface area is 160 Å². The topological polar surface area (TPSA) is 69.6 Å². The van der Waals surface area contributed by atoms with Gasteiger partial charge >= 0.3 is 0 Å². The molecule has 1 amide bonds. The van der Waals surface area contributed by atoms with E-state index in [1.807, 2.05) is 6.07 Å². The van der Waals surface area contributed by atoms with E-state index >= 15 is 0 Å². The highest BCUT2D eigenvalue weighted by Crippen LogP contribution is 2.44. The van der Waals surface area contributed by atoms with Gasteiger partial charge in [0.25, 0.3) is 0 Å². The smallest absolute Gasteiger partial charge is 0.243 e. The van der Waals surface area contributed by atoms with E-state index in [0.717, 1.165) is 36.3 Å². The fourth-order valence-electron chi connectivity index (χ4n) is 3.92. The number of hydrogen-bond acceptors (Lipinski definition) is 3. The zero-order chi connectivity index (χ0) is 18.5. The number of hydrogen-bond donors (Lipinski definition) is 2. The average molecular weight is 378 g/mol. The Bertz CT molecular complexity index is 646. The molecule has 0 radical (unpaired) electrons. The fraction of sp³-hybridized carbons (Fsp3) is 0.632. The molecule has 2 saturated carbocycles. The van der Waals surface area contributed by atoms with Crippen LogP contribution in [0.15, 0.2) is 23.3 Å². The molecule has 0 aliphatic heterocycles. The SMILES string of the molecule is CN(C)C(=O)CN=C(NCCc1ccc(Cl)nc1)NC1CC2CCC1C2. The number of nitrogens with one attached hydrogen (secondary N) is 2. The average Bonchev–Trinajstić information content (AvgIpc) is 3.23. The van der Waals surface area contributed by atoms with Crippen LogP contribution in [0.4, 0.5) is 0 Å². The first-order valence-electron chi connectivity index (χ1n) is 9.36. The number of halogens is 1. The summed E-state index contributed by atoms with van der Waals surface area (Å²) in [5, 5.41) is 7.44. The monoisotopic (exact) mass is 377 g/mol. The lowest BCUT2D eigenvalue weighted by Crippen LogP contribution is -2.46. The van der Waals surface area contributed by atoms with Crippen molar-refractivity contribution >= 4 is 23.5 Å². The van der Waals surface area contributed by atoms with Gasteiger partial charge in [0.1, 0.15) is 11.7 Å². The normalized spacial score (nSPS) is 24.6. The summed E-state index contributed by atoms with van der Waals surface area (Å²) in [5.41, 5.74) is 1.12. The Morgan fingerprint density at radius 2 is 2.19 bits per heavy atom. The molecule has 0 saturated heterocycles. The van der Waals surface area contributed by atoms with E-state index in [0.29, 0.717) is 11.2 Å². The van der Waals surface area contributed by atoms with E-state index < -0.39 is 0 Å². The second-order valence-electron chi connectivity index (χ2n) is 7.54. The molecule has 1 aromatic heterocycles. The zero-order valence-corrected chi connectivity index (χ0v) is 16.3. The van der Waals surface area contributed by atoms with Gasteiger partial charge in [0, 0.05) is 32.9 Å². The zero-order valence-electron chi connectivity index (χ0n) is 15.5. The number of carbonyl (C=O) groups is 1. The van der Waals surface area contributed by atoms with Crippen molar-refractivity contribution in [2.75, 3.05) is 27.2 Å². The van der Waals surface area contributed by atoms with E-state index in [4.69, 9.17) is 11.6 Å². The van der Waals surface area contributed by atoms with Gasteiger partial charge in [-0.2, -0.15) is 0 Å². The van der Waals surface area contributed by atoms with Gasteiger partial charge in [-0.25, -0.2) is 9.98 Å². The van der Waals surface area contributed by atoms with Crippen LogP contribution in [-0.4, -0.2) is 55.0 Å². The number of aromatic nitrogens is 1. The first kappa shape index (κ1) is 19.0. The molecule has 1 aromatic rings. The van der Waals surface area contributed by atoms with Crippen LogP contribution in [-0.2, 0) is 11.2 Å². The van der Waals surface area contributed by atoms with Gasteiger partial charge in [0.2, 0.25) is 5.91 Å². The third kappa shape index (κ3) is 5.10. The first-order valence-corrected chi connectivity index (χ1v) is 9.74. The molecule has 6 nitrogen and oxygen atoms in total. The van der Waals surface area contributed by atoms with Gasteiger partial charge < -0.3 is 15.5 Å². The first-order chi connectivity index (χ1) is 12.5. The predicted molar refractivity (Wildman–Crippen MR) is 104 cm³/mol. The highest BCUT2D eigenvalue weighted by Gasteiger charge is 2.39. The maximum atomic E-state index is 11.9. The molecule has 3 atom stereocenters. The molecule has 7 heteroatoms. The molecule has 2 aliphatic rings. The van der Waals surface area contributed by atoms with Crippen molar-refractivity contribution in [1.29, 1.82) is 0 Å². The second-order valence-corrected chi connectivity index (χ2v) is 7.93. The minimum absolute atomic E-state index is 0.000874. The molecule has 2 aliphatic carbocycles. The quantitative estimate of drug-likeness (QED) is 0.452. The van der Waals surface area contributed by atoms with Crippen molar-refractivity contribution in [2.24, 2.45) is 16.8 Å². The third-order valence-electron chi connectivity index (χ3n) is 5.43. The van der Waals surface area contributed by atoms with Crippen LogP contribution < -0.4 is 10.6 Å². The molecular weight excluding hydrogens is 350 g/mol. The number of pyridine rings is 1. The van der Waals surface area contributed by atoms with Crippen LogP contribution in [0.25, 0.3) is 0 Å². The van der Waals surface area contributed by atoms with Gasteiger partial charge in [0.15, 0.2) is 5.96 Å². The minimum atomic E-state index is 0.000874. The lowest BCUT2D eigenvalue weighted by molar-refractivity contribution is -0.127. The molecule has 2 bridgehead atoms. The number of carbonyl (C=O) groups excluding carboxylic acids is 1. The minimum Gasteiger partial charge on any atom is -0.356 e. The van der Waals surface area contributed by atoms with Crippen LogP contribution in [0.1, 0.15) is 31.2 Å². The predicted octanol–water partition coefficient (Wildman–Crippen LogP) is 2.09. The molecule has 26 heavy (non-hydrogen) atoms. The van der Waals surface area contributed by atoms with Crippen molar-refractivity contribution in [3.8, 4) is 0 Å². The molecular formula is C19H28ClN5O. The van der Waals surface area contributed by atoms with Gasteiger partial charge in [0.05, 0.1) is 0 Å². The summed E-state index contributed by atoms with van der Waals surface area (Å²) in [6.45, 7) is 0.887. The highest BCUT2D eigenvalue weighted by molar-refractivity contribution is 6.29. The second kappa shape index (κ2) is 8.71. The summed E-state index contributed by atoms with van der Waals surface area (Å²) in [6.07, 6.45) is 7.84. The van der Waals surface area contributed by atoms with Crippen molar-refractivity contribution < 1.29 is 4.79 Å². The molecule has 0 aromatic carbocycles. The van der Waals surface area contributed by atoms with Crippen molar-refractivity contribution in [1.82, 2.24) is 20.5 Å². The summed E-state index contributed by atoms with van der Waals surface area (Å²) in [5.74, 6) is 2.35. The Morgan fingerprint density at radius 3 is 2.81 bits per heavy atom. The van der Waals surface area contributed by atoms with Crippen LogP contribution >= 0.6 is 11.6 Å². The number of fused-ring (bicyclic) bond motifs is 2. The van der Waals surface area contributed by atoms with E-state index in [9.17, 15) is 4.79 Å². The lowest BCUT2D eigenvalue weighted by Gasteiger charge is -2.25. The molecule has 2 fully saturated rings. The number of guanidine groups is 1. The van der Waals surface area contributed by atoms with Gasteiger partial charge in [-0.3, -0.25) is 4.79 Å². The van der Waals surface area contributed by atoms with Crippen molar-refractivity contribution in [3.05, 3.63) is 29.0 Å².